The highest BCUT2D eigenvalue weighted by Crippen LogP contribution is 2.29. The van der Waals surface area contributed by atoms with Crippen molar-refractivity contribution >= 4 is 46.9 Å². The maximum Gasteiger partial charge on any atom is 0.262 e. The molecule has 3 heterocycles. The second kappa shape index (κ2) is 12.5. The molecule has 2 aliphatic rings. The molecule has 1 atom stereocenters. The smallest absolute Gasteiger partial charge is 0.262 e. The fourth-order valence-electron chi connectivity index (χ4n) is 5.24. The van der Waals surface area contributed by atoms with Crippen LogP contribution in [0.5, 0.6) is 0 Å². The lowest BCUT2D eigenvalue weighted by Crippen LogP contribution is -2.47. The molecule has 11 heteroatoms. The summed E-state index contributed by atoms with van der Waals surface area (Å²) in [6, 6.07) is 18.1. The highest BCUT2D eigenvalue weighted by Gasteiger charge is 2.42. The van der Waals surface area contributed by atoms with Crippen molar-refractivity contribution in [3.63, 3.8) is 0 Å². The summed E-state index contributed by atoms with van der Waals surface area (Å²) in [5, 5.41) is 6.71. The molecular weight excluding hydrogens is 522 g/mol. The van der Waals surface area contributed by atoms with Gasteiger partial charge in [-0.2, -0.15) is 0 Å². The molecule has 0 bridgehead atoms. The highest BCUT2D eigenvalue weighted by molar-refractivity contribution is 6.23. The number of anilines is 4. The Morgan fingerprint density at radius 3 is 2.27 bits per heavy atom. The van der Waals surface area contributed by atoms with Crippen LogP contribution in [-0.2, 0) is 9.59 Å². The summed E-state index contributed by atoms with van der Waals surface area (Å²) >= 11 is 0. The predicted molar refractivity (Wildman–Crippen MR) is 157 cm³/mol. The Hall–Kier alpha value is -4.93. The van der Waals surface area contributed by atoms with Crippen molar-refractivity contribution in [2.45, 2.75) is 18.9 Å². The van der Waals surface area contributed by atoms with E-state index in [-0.39, 0.29) is 24.0 Å². The van der Waals surface area contributed by atoms with Gasteiger partial charge in [0.1, 0.15) is 18.1 Å². The number of rotatable bonds is 12. The predicted octanol–water partition coefficient (Wildman–Crippen LogP) is 2.36. The Labute approximate surface area is 238 Å². The number of hydrogen-bond acceptors (Lipinski definition) is 9. The van der Waals surface area contributed by atoms with Gasteiger partial charge in [-0.15, -0.1) is 0 Å². The van der Waals surface area contributed by atoms with E-state index < -0.39 is 23.8 Å². The number of primary amides is 1. The maximum atomic E-state index is 13.0. The summed E-state index contributed by atoms with van der Waals surface area (Å²) in [7, 11) is 0. The molecule has 0 saturated carbocycles. The van der Waals surface area contributed by atoms with Crippen LogP contribution in [0, 0.1) is 0 Å². The number of nitrogens with two attached hydrogens (primary N) is 1. The molecule has 2 aromatic carbocycles. The van der Waals surface area contributed by atoms with Gasteiger partial charge in [0.2, 0.25) is 5.91 Å². The number of nitrogens with zero attached hydrogens (tertiary/aromatic N) is 4. The van der Waals surface area contributed by atoms with Gasteiger partial charge in [0.15, 0.2) is 0 Å². The van der Waals surface area contributed by atoms with Crippen LogP contribution in [-0.4, -0.2) is 79.2 Å². The summed E-state index contributed by atoms with van der Waals surface area (Å²) in [5.74, 6) is -0.970. The molecule has 0 radical (unpaired) electrons. The van der Waals surface area contributed by atoms with Crippen LogP contribution < -0.4 is 26.2 Å². The van der Waals surface area contributed by atoms with Gasteiger partial charge < -0.3 is 31.0 Å². The highest BCUT2D eigenvalue weighted by atomic mass is 16.2. The number of benzene rings is 2. The van der Waals surface area contributed by atoms with Gasteiger partial charge in [-0.25, -0.2) is 4.98 Å². The Morgan fingerprint density at radius 1 is 0.878 bits per heavy atom. The Kier molecular flexibility index (Phi) is 8.42. The zero-order valence-electron chi connectivity index (χ0n) is 22.7. The lowest BCUT2D eigenvalue weighted by molar-refractivity contribution is -0.122. The summed E-state index contributed by atoms with van der Waals surface area (Å²) in [6.07, 6.45) is 2.48. The van der Waals surface area contributed by atoms with E-state index in [0.29, 0.717) is 25.1 Å². The lowest BCUT2D eigenvalue weighted by Gasteiger charge is -2.36. The topological polar surface area (TPSA) is 141 Å². The summed E-state index contributed by atoms with van der Waals surface area (Å²) < 4.78 is 0. The van der Waals surface area contributed by atoms with Crippen molar-refractivity contribution in [1.29, 1.82) is 0 Å². The molecule has 3 aromatic rings. The normalized spacial score (nSPS) is 15.5. The first-order chi connectivity index (χ1) is 20.0. The molecule has 0 spiro atoms. The first-order valence-corrected chi connectivity index (χ1v) is 13.7. The molecule has 3 amide bonds. The van der Waals surface area contributed by atoms with Crippen molar-refractivity contribution in [2.24, 2.45) is 5.73 Å². The van der Waals surface area contributed by atoms with E-state index in [4.69, 9.17) is 5.73 Å². The molecule has 1 fully saturated rings. The quantitative estimate of drug-likeness (QED) is 0.174. The van der Waals surface area contributed by atoms with Gasteiger partial charge in [-0.05, 0) is 55.0 Å². The van der Waals surface area contributed by atoms with Crippen molar-refractivity contribution in [3.8, 4) is 0 Å². The third-order valence-electron chi connectivity index (χ3n) is 7.36. The van der Waals surface area contributed by atoms with E-state index in [2.05, 4.69) is 37.6 Å². The van der Waals surface area contributed by atoms with Gasteiger partial charge in [-0.3, -0.25) is 19.3 Å². The van der Waals surface area contributed by atoms with Gasteiger partial charge in [0.25, 0.3) is 11.8 Å². The third kappa shape index (κ3) is 6.13. The van der Waals surface area contributed by atoms with Gasteiger partial charge in [0, 0.05) is 68.9 Å². The standard InChI is InChI=1S/C30H33N7O4/c31-28(39)26(7-4-18-38)37-29(40)24-10-9-22(20-25(24)30(37)41)33-13-12-32-21-5-3-6-23(19-21)35-14-16-36(17-15-35)27-8-1-2-11-34-27/h1-3,5-6,8-11,18-20,26,32-33H,4,7,12-17H2,(H2,31,39). The minimum Gasteiger partial charge on any atom is -0.383 e. The van der Waals surface area contributed by atoms with E-state index in [9.17, 15) is 19.2 Å². The zero-order valence-corrected chi connectivity index (χ0v) is 22.7. The average Bonchev–Trinajstić information content (AvgIpc) is 3.25. The van der Waals surface area contributed by atoms with Gasteiger partial charge in [-0.1, -0.05) is 12.1 Å². The number of aldehydes is 1. The molecule has 11 nitrogen and oxygen atoms in total. The largest absolute Gasteiger partial charge is 0.383 e. The number of imide groups is 1. The van der Waals surface area contributed by atoms with Crippen molar-refractivity contribution in [1.82, 2.24) is 9.88 Å². The van der Waals surface area contributed by atoms with Crippen LogP contribution in [0.3, 0.4) is 0 Å². The van der Waals surface area contributed by atoms with Gasteiger partial charge >= 0.3 is 0 Å². The molecular formula is C30H33N7O4. The van der Waals surface area contributed by atoms with Crippen LogP contribution in [0.15, 0.2) is 66.9 Å². The molecule has 5 rings (SSSR count). The van der Waals surface area contributed by atoms with Crippen molar-refractivity contribution in [2.75, 3.05) is 59.7 Å². The molecule has 212 valence electrons. The molecule has 1 unspecified atom stereocenters. The molecule has 4 N–H and O–H groups in total. The van der Waals surface area contributed by atoms with Crippen LogP contribution in [0.4, 0.5) is 22.9 Å². The number of aromatic nitrogens is 1. The minimum absolute atomic E-state index is 0.00362. The second-order valence-electron chi connectivity index (χ2n) is 9.97. The number of piperazine rings is 1. The summed E-state index contributed by atoms with van der Waals surface area (Å²) in [4.78, 5) is 58.5. The second-order valence-corrected chi connectivity index (χ2v) is 9.97. The Balaban J connectivity index is 1.13. The average molecular weight is 556 g/mol. The SMILES string of the molecule is NC(=O)C(CCC=O)N1C(=O)c2ccc(NCCNc3cccc(N4CCN(c5ccccn5)CC4)c3)cc2C1=O. The Morgan fingerprint density at radius 2 is 1.59 bits per heavy atom. The summed E-state index contributed by atoms with van der Waals surface area (Å²) in [6.45, 7) is 4.84. The number of hydrogen-bond donors (Lipinski definition) is 3. The van der Waals surface area contributed by atoms with Gasteiger partial charge in [0.05, 0.1) is 11.1 Å². The monoisotopic (exact) mass is 555 g/mol. The van der Waals surface area contributed by atoms with Crippen LogP contribution >= 0.6 is 0 Å². The number of pyridine rings is 1. The third-order valence-corrected chi connectivity index (χ3v) is 7.36. The number of nitrogens with one attached hydrogen (secondary N) is 2. The van der Waals surface area contributed by atoms with Crippen molar-refractivity contribution in [3.05, 3.63) is 78.0 Å². The van der Waals surface area contributed by atoms with E-state index >= 15 is 0 Å². The van der Waals surface area contributed by atoms with Crippen molar-refractivity contribution < 1.29 is 19.2 Å². The van der Waals surface area contributed by atoms with E-state index in [0.717, 1.165) is 48.3 Å². The molecule has 1 saturated heterocycles. The van der Waals surface area contributed by atoms with E-state index in [1.165, 1.54) is 0 Å². The molecule has 1 aromatic heterocycles. The molecule has 2 aliphatic heterocycles. The first-order valence-electron chi connectivity index (χ1n) is 13.7. The minimum atomic E-state index is -1.16. The first kappa shape index (κ1) is 27.6. The van der Waals surface area contributed by atoms with Crippen LogP contribution in [0.1, 0.15) is 33.6 Å². The molecule has 41 heavy (non-hydrogen) atoms. The fraction of sp³-hybridized carbons (Fsp3) is 0.300. The summed E-state index contributed by atoms with van der Waals surface area (Å²) in [5.41, 5.74) is 8.70. The number of carbonyl (C=O) groups is 4. The number of carbonyl (C=O) groups excluding carboxylic acids is 4. The molecule has 0 aliphatic carbocycles. The zero-order chi connectivity index (χ0) is 28.8. The number of amides is 3. The van der Waals surface area contributed by atoms with E-state index in [1.54, 1.807) is 18.2 Å². The Bertz CT molecular complexity index is 1420. The van der Waals surface area contributed by atoms with Crippen LogP contribution in [0.25, 0.3) is 0 Å². The fourth-order valence-corrected chi connectivity index (χ4v) is 5.24. The van der Waals surface area contributed by atoms with E-state index in [1.807, 2.05) is 36.5 Å². The number of fused-ring (bicyclic) bond motifs is 1. The maximum absolute atomic E-state index is 13.0. The lowest BCUT2D eigenvalue weighted by atomic mass is 10.1. The van der Waals surface area contributed by atoms with Crippen LogP contribution in [0.2, 0.25) is 0 Å².